The predicted octanol–water partition coefficient (Wildman–Crippen LogP) is 2.57. The van der Waals surface area contributed by atoms with Gasteiger partial charge in [-0.2, -0.15) is 0 Å². The zero-order valence-corrected chi connectivity index (χ0v) is 13.0. The highest BCUT2D eigenvalue weighted by Gasteiger charge is 2.27. The Hall–Kier alpha value is -0.580. The maximum absolute atomic E-state index is 5.54. The van der Waals surface area contributed by atoms with E-state index >= 15 is 0 Å². The number of hydrogen-bond donors (Lipinski definition) is 1. The average molecular weight is 325 g/mol. The minimum Gasteiger partial charge on any atom is -0.496 e. The second-order valence-corrected chi connectivity index (χ2v) is 6.26. The van der Waals surface area contributed by atoms with Crippen molar-refractivity contribution in [3.63, 3.8) is 0 Å². The highest BCUT2D eigenvalue weighted by atomic mass is 79.9. The minimum absolute atomic E-state index is 0.734. The molecule has 1 fully saturated rings. The van der Waals surface area contributed by atoms with Gasteiger partial charge in [0.05, 0.1) is 7.11 Å². The summed E-state index contributed by atoms with van der Waals surface area (Å²) in [6.45, 7) is 4.51. The Balaban J connectivity index is 1.84. The molecule has 19 heavy (non-hydrogen) atoms. The van der Waals surface area contributed by atoms with E-state index in [2.05, 4.69) is 38.3 Å². The monoisotopic (exact) mass is 324 g/mol. The van der Waals surface area contributed by atoms with Crippen LogP contribution in [0.3, 0.4) is 0 Å². The van der Waals surface area contributed by atoms with E-state index in [4.69, 9.17) is 4.74 Å². The van der Waals surface area contributed by atoms with Gasteiger partial charge >= 0.3 is 0 Å². The van der Waals surface area contributed by atoms with Crippen LogP contribution in [-0.2, 0) is 13.0 Å². The first-order chi connectivity index (χ1) is 9.29. The summed E-state index contributed by atoms with van der Waals surface area (Å²) in [6.07, 6.45) is 3.66. The number of benzene rings is 1. The lowest BCUT2D eigenvalue weighted by atomic mass is 9.95. The van der Waals surface area contributed by atoms with Crippen LogP contribution < -0.4 is 10.1 Å². The molecular formula is C15H21BrN2O. The Morgan fingerprint density at radius 3 is 2.79 bits per heavy atom. The molecule has 0 bridgehead atoms. The number of piperidine rings is 1. The van der Waals surface area contributed by atoms with Crippen LogP contribution in [-0.4, -0.2) is 37.7 Å². The zero-order valence-electron chi connectivity index (χ0n) is 11.4. The van der Waals surface area contributed by atoms with Gasteiger partial charge in [0.25, 0.3) is 0 Å². The SMILES string of the molecule is COc1ccc(Br)c2c1CN(C1CCNCC1)CC2. The quantitative estimate of drug-likeness (QED) is 0.904. The number of halogens is 1. The van der Waals surface area contributed by atoms with Gasteiger partial charge in [-0.05, 0) is 50.0 Å². The summed E-state index contributed by atoms with van der Waals surface area (Å²) >= 11 is 3.68. The molecule has 0 spiro atoms. The third-order valence-electron chi connectivity index (χ3n) is 4.39. The average Bonchev–Trinajstić information content (AvgIpc) is 2.48. The van der Waals surface area contributed by atoms with E-state index in [1.165, 1.54) is 35.0 Å². The van der Waals surface area contributed by atoms with Gasteiger partial charge in [0.15, 0.2) is 0 Å². The molecule has 3 nitrogen and oxygen atoms in total. The van der Waals surface area contributed by atoms with Gasteiger partial charge in [-0.15, -0.1) is 0 Å². The zero-order chi connectivity index (χ0) is 13.2. The third-order valence-corrected chi connectivity index (χ3v) is 5.13. The lowest BCUT2D eigenvalue weighted by Gasteiger charge is -2.38. The van der Waals surface area contributed by atoms with Crippen molar-refractivity contribution in [1.82, 2.24) is 10.2 Å². The minimum atomic E-state index is 0.734. The second-order valence-electron chi connectivity index (χ2n) is 5.41. The lowest BCUT2D eigenvalue weighted by Crippen LogP contribution is -2.45. The molecule has 0 saturated carbocycles. The van der Waals surface area contributed by atoms with Crippen LogP contribution in [0.1, 0.15) is 24.0 Å². The fourth-order valence-electron chi connectivity index (χ4n) is 3.30. The summed E-state index contributed by atoms with van der Waals surface area (Å²) in [5, 5.41) is 3.45. The molecule has 1 aromatic rings. The van der Waals surface area contributed by atoms with Crippen LogP contribution in [0.15, 0.2) is 16.6 Å². The molecule has 0 aliphatic carbocycles. The molecule has 3 rings (SSSR count). The second kappa shape index (κ2) is 5.81. The summed E-state index contributed by atoms with van der Waals surface area (Å²) in [6, 6.07) is 4.92. The van der Waals surface area contributed by atoms with Gasteiger partial charge in [-0.25, -0.2) is 0 Å². The Kier molecular flexibility index (Phi) is 4.10. The number of nitrogens with zero attached hydrogens (tertiary/aromatic N) is 1. The van der Waals surface area contributed by atoms with E-state index in [9.17, 15) is 0 Å². The molecule has 0 aromatic heterocycles. The van der Waals surface area contributed by atoms with Crippen LogP contribution in [0.5, 0.6) is 5.75 Å². The number of ether oxygens (including phenoxy) is 1. The first-order valence-electron chi connectivity index (χ1n) is 7.08. The van der Waals surface area contributed by atoms with Gasteiger partial charge < -0.3 is 10.1 Å². The number of methoxy groups -OCH3 is 1. The van der Waals surface area contributed by atoms with Crippen LogP contribution in [0.4, 0.5) is 0 Å². The fraction of sp³-hybridized carbons (Fsp3) is 0.600. The van der Waals surface area contributed by atoms with Crippen molar-refractivity contribution in [2.75, 3.05) is 26.7 Å². The largest absolute Gasteiger partial charge is 0.496 e. The van der Waals surface area contributed by atoms with E-state index in [0.717, 1.165) is 37.8 Å². The summed E-state index contributed by atoms with van der Waals surface area (Å²) in [7, 11) is 1.77. The van der Waals surface area contributed by atoms with E-state index in [0.29, 0.717) is 0 Å². The number of hydrogen-bond acceptors (Lipinski definition) is 3. The molecule has 0 atom stereocenters. The van der Waals surface area contributed by atoms with Crippen LogP contribution in [0.2, 0.25) is 0 Å². The van der Waals surface area contributed by atoms with Gasteiger partial charge in [0, 0.05) is 29.2 Å². The molecule has 2 aliphatic heterocycles. The van der Waals surface area contributed by atoms with E-state index in [1.807, 2.05) is 0 Å². The van der Waals surface area contributed by atoms with Gasteiger partial charge in [-0.1, -0.05) is 15.9 Å². The van der Waals surface area contributed by atoms with Crippen molar-refractivity contribution in [3.05, 3.63) is 27.7 Å². The Bertz CT molecular complexity index is 458. The summed E-state index contributed by atoms with van der Waals surface area (Å²) < 4.78 is 6.77. The number of rotatable bonds is 2. The molecule has 1 saturated heterocycles. The van der Waals surface area contributed by atoms with E-state index in [-0.39, 0.29) is 0 Å². The van der Waals surface area contributed by atoms with Crippen molar-refractivity contribution in [2.24, 2.45) is 0 Å². The van der Waals surface area contributed by atoms with Gasteiger partial charge in [-0.3, -0.25) is 4.90 Å². The molecule has 0 unspecified atom stereocenters. The van der Waals surface area contributed by atoms with Crippen molar-refractivity contribution >= 4 is 15.9 Å². The maximum atomic E-state index is 5.54. The van der Waals surface area contributed by atoms with Crippen LogP contribution in [0, 0.1) is 0 Å². The van der Waals surface area contributed by atoms with E-state index < -0.39 is 0 Å². The molecule has 1 aromatic carbocycles. The molecule has 2 heterocycles. The molecule has 2 aliphatic rings. The summed E-state index contributed by atoms with van der Waals surface area (Å²) in [4.78, 5) is 2.64. The third kappa shape index (κ3) is 2.67. The molecule has 4 heteroatoms. The molecule has 0 amide bonds. The number of nitrogens with one attached hydrogen (secondary N) is 1. The standard InChI is InChI=1S/C15H21BrN2O/c1-19-15-3-2-14(16)12-6-9-18(10-13(12)15)11-4-7-17-8-5-11/h2-3,11,17H,4-10H2,1H3. The van der Waals surface area contributed by atoms with Crippen molar-refractivity contribution in [1.29, 1.82) is 0 Å². The number of fused-ring (bicyclic) bond motifs is 1. The topological polar surface area (TPSA) is 24.5 Å². The van der Waals surface area contributed by atoms with E-state index in [1.54, 1.807) is 7.11 Å². The highest BCUT2D eigenvalue weighted by Crippen LogP contribution is 2.34. The molecule has 0 radical (unpaired) electrons. The van der Waals surface area contributed by atoms with Crippen LogP contribution in [0.25, 0.3) is 0 Å². The molecular weight excluding hydrogens is 304 g/mol. The Morgan fingerprint density at radius 1 is 1.26 bits per heavy atom. The summed E-state index contributed by atoms with van der Waals surface area (Å²) in [5.41, 5.74) is 2.81. The van der Waals surface area contributed by atoms with Crippen molar-refractivity contribution in [3.8, 4) is 5.75 Å². The summed E-state index contributed by atoms with van der Waals surface area (Å²) in [5.74, 6) is 1.04. The first-order valence-corrected chi connectivity index (χ1v) is 7.88. The molecule has 1 N–H and O–H groups in total. The Labute approximate surface area is 123 Å². The van der Waals surface area contributed by atoms with Crippen molar-refractivity contribution < 1.29 is 4.74 Å². The van der Waals surface area contributed by atoms with Gasteiger partial charge in [0.1, 0.15) is 5.75 Å². The smallest absolute Gasteiger partial charge is 0.123 e. The lowest BCUT2D eigenvalue weighted by molar-refractivity contribution is 0.145. The highest BCUT2D eigenvalue weighted by molar-refractivity contribution is 9.10. The van der Waals surface area contributed by atoms with Crippen molar-refractivity contribution in [2.45, 2.75) is 31.8 Å². The van der Waals surface area contributed by atoms with Crippen LogP contribution >= 0.6 is 15.9 Å². The molecule has 104 valence electrons. The maximum Gasteiger partial charge on any atom is 0.123 e. The fourth-order valence-corrected chi connectivity index (χ4v) is 3.87. The first kappa shape index (κ1) is 13.4. The Morgan fingerprint density at radius 2 is 2.05 bits per heavy atom. The predicted molar refractivity (Wildman–Crippen MR) is 80.7 cm³/mol. The van der Waals surface area contributed by atoms with Gasteiger partial charge in [0.2, 0.25) is 0 Å². The normalized spacial score (nSPS) is 21.2.